The van der Waals surface area contributed by atoms with E-state index in [9.17, 15) is 8.42 Å². The van der Waals surface area contributed by atoms with Gasteiger partial charge in [-0.05, 0) is 43.5 Å². The van der Waals surface area contributed by atoms with Crippen molar-refractivity contribution in [3.05, 3.63) is 29.8 Å². The minimum absolute atomic E-state index is 0.0840. The standard InChI is InChI=1S/C15H24N2O2S/c1-12-4-3-5-14(10-12)17-20(18,19)15-8-6-13(7-9-15)11-16-2/h6-9,12,14,16-17H,3-5,10-11H2,1-2H3. The van der Waals surface area contributed by atoms with Crippen molar-refractivity contribution in [2.45, 2.75) is 50.1 Å². The molecule has 1 saturated carbocycles. The van der Waals surface area contributed by atoms with Gasteiger partial charge in [-0.1, -0.05) is 31.9 Å². The first-order valence-corrected chi connectivity index (χ1v) is 8.75. The summed E-state index contributed by atoms with van der Waals surface area (Å²) in [4.78, 5) is 0.357. The molecule has 0 bridgehead atoms. The second kappa shape index (κ2) is 6.70. The van der Waals surface area contributed by atoms with Crippen molar-refractivity contribution in [1.82, 2.24) is 10.0 Å². The fourth-order valence-electron chi connectivity index (χ4n) is 2.82. The van der Waals surface area contributed by atoms with Gasteiger partial charge in [0, 0.05) is 12.6 Å². The van der Waals surface area contributed by atoms with Gasteiger partial charge in [0.25, 0.3) is 0 Å². The van der Waals surface area contributed by atoms with Crippen LogP contribution in [0.25, 0.3) is 0 Å². The van der Waals surface area contributed by atoms with E-state index in [4.69, 9.17) is 0 Å². The van der Waals surface area contributed by atoms with Crippen LogP contribution in [0.2, 0.25) is 0 Å². The van der Waals surface area contributed by atoms with Crippen molar-refractivity contribution in [2.75, 3.05) is 7.05 Å². The largest absolute Gasteiger partial charge is 0.316 e. The summed E-state index contributed by atoms with van der Waals surface area (Å²) in [6.45, 7) is 2.93. The smallest absolute Gasteiger partial charge is 0.240 e. The van der Waals surface area contributed by atoms with Gasteiger partial charge < -0.3 is 5.32 Å². The molecule has 0 saturated heterocycles. The minimum Gasteiger partial charge on any atom is -0.316 e. The number of hydrogen-bond acceptors (Lipinski definition) is 3. The maximum absolute atomic E-state index is 12.3. The molecule has 2 atom stereocenters. The Morgan fingerprint density at radius 3 is 2.50 bits per heavy atom. The Balaban J connectivity index is 2.05. The first-order valence-electron chi connectivity index (χ1n) is 7.27. The summed E-state index contributed by atoms with van der Waals surface area (Å²) >= 11 is 0. The summed E-state index contributed by atoms with van der Waals surface area (Å²) in [5.74, 6) is 0.606. The van der Waals surface area contributed by atoms with Gasteiger partial charge in [-0.2, -0.15) is 0 Å². The predicted octanol–water partition coefficient (Wildman–Crippen LogP) is 2.26. The lowest BCUT2D eigenvalue weighted by molar-refractivity contribution is 0.327. The summed E-state index contributed by atoms with van der Waals surface area (Å²) in [6.07, 6.45) is 4.20. The molecule has 2 rings (SSSR count). The van der Waals surface area contributed by atoms with Crippen molar-refractivity contribution < 1.29 is 8.42 Å². The van der Waals surface area contributed by atoms with Crippen molar-refractivity contribution in [2.24, 2.45) is 5.92 Å². The van der Waals surface area contributed by atoms with E-state index in [1.54, 1.807) is 12.1 Å². The van der Waals surface area contributed by atoms with E-state index in [1.807, 2.05) is 19.2 Å². The Morgan fingerprint density at radius 1 is 1.20 bits per heavy atom. The lowest BCUT2D eigenvalue weighted by Crippen LogP contribution is -2.37. The van der Waals surface area contributed by atoms with Crippen LogP contribution in [0.3, 0.4) is 0 Å². The van der Waals surface area contributed by atoms with Crippen molar-refractivity contribution in [3.8, 4) is 0 Å². The third-order valence-electron chi connectivity index (χ3n) is 3.87. The quantitative estimate of drug-likeness (QED) is 0.876. The monoisotopic (exact) mass is 296 g/mol. The number of nitrogens with one attached hydrogen (secondary N) is 2. The van der Waals surface area contributed by atoms with Gasteiger partial charge in [0.15, 0.2) is 0 Å². The molecule has 1 aliphatic rings. The lowest BCUT2D eigenvalue weighted by atomic mass is 9.88. The first kappa shape index (κ1) is 15.5. The van der Waals surface area contributed by atoms with Gasteiger partial charge in [0.2, 0.25) is 10.0 Å². The summed E-state index contributed by atoms with van der Waals surface area (Å²) in [6, 6.07) is 7.16. The minimum atomic E-state index is -3.39. The van der Waals surface area contributed by atoms with E-state index in [2.05, 4.69) is 17.0 Å². The zero-order valence-corrected chi connectivity index (χ0v) is 13.0. The zero-order valence-electron chi connectivity index (χ0n) is 12.2. The van der Waals surface area contributed by atoms with Crippen LogP contribution >= 0.6 is 0 Å². The molecule has 1 fully saturated rings. The second-order valence-corrected chi connectivity index (χ2v) is 7.48. The number of rotatable bonds is 5. The van der Waals surface area contributed by atoms with Gasteiger partial charge in [0.1, 0.15) is 0 Å². The highest BCUT2D eigenvalue weighted by atomic mass is 32.2. The van der Waals surface area contributed by atoms with Crippen LogP contribution in [-0.4, -0.2) is 21.5 Å². The molecular weight excluding hydrogens is 272 g/mol. The van der Waals surface area contributed by atoms with Crippen LogP contribution in [0.15, 0.2) is 29.2 Å². The van der Waals surface area contributed by atoms with E-state index >= 15 is 0 Å². The number of sulfonamides is 1. The van der Waals surface area contributed by atoms with Crippen molar-refractivity contribution >= 4 is 10.0 Å². The van der Waals surface area contributed by atoms with Crippen LogP contribution in [0, 0.1) is 5.92 Å². The van der Waals surface area contributed by atoms with E-state index in [0.29, 0.717) is 10.8 Å². The summed E-state index contributed by atoms with van der Waals surface area (Å²) in [7, 11) is -1.51. The Labute approximate surface area is 122 Å². The summed E-state index contributed by atoms with van der Waals surface area (Å²) in [5.41, 5.74) is 1.08. The number of hydrogen-bond donors (Lipinski definition) is 2. The van der Waals surface area contributed by atoms with Gasteiger partial charge in [-0.3, -0.25) is 0 Å². The molecule has 1 aromatic carbocycles. The summed E-state index contributed by atoms with van der Waals surface area (Å²) in [5, 5.41) is 3.05. The third-order valence-corrected chi connectivity index (χ3v) is 5.41. The highest BCUT2D eigenvalue weighted by molar-refractivity contribution is 7.89. The molecule has 0 aliphatic heterocycles. The molecule has 112 valence electrons. The molecule has 2 unspecified atom stereocenters. The third kappa shape index (κ3) is 4.04. The molecule has 0 amide bonds. The predicted molar refractivity (Wildman–Crippen MR) is 80.9 cm³/mol. The molecule has 0 heterocycles. The second-order valence-electron chi connectivity index (χ2n) is 5.76. The molecule has 5 heteroatoms. The molecule has 4 nitrogen and oxygen atoms in total. The van der Waals surface area contributed by atoms with E-state index in [0.717, 1.165) is 31.4 Å². The van der Waals surface area contributed by atoms with Crippen LogP contribution in [0.5, 0.6) is 0 Å². The van der Waals surface area contributed by atoms with Gasteiger partial charge in [0.05, 0.1) is 4.90 Å². The Hall–Kier alpha value is -0.910. The maximum Gasteiger partial charge on any atom is 0.240 e. The van der Waals surface area contributed by atoms with Gasteiger partial charge in [-0.15, -0.1) is 0 Å². The Bertz CT molecular complexity index is 525. The molecule has 0 radical (unpaired) electrons. The molecule has 2 N–H and O–H groups in total. The lowest BCUT2D eigenvalue weighted by Gasteiger charge is -2.27. The molecule has 20 heavy (non-hydrogen) atoms. The van der Waals surface area contributed by atoms with E-state index in [-0.39, 0.29) is 6.04 Å². The topological polar surface area (TPSA) is 58.2 Å². The van der Waals surface area contributed by atoms with Gasteiger partial charge >= 0.3 is 0 Å². The average molecular weight is 296 g/mol. The Kier molecular flexibility index (Phi) is 5.18. The first-order chi connectivity index (χ1) is 9.51. The highest BCUT2D eigenvalue weighted by Gasteiger charge is 2.24. The van der Waals surface area contributed by atoms with Crippen molar-refractivity contribution in [3.63, 3.8) is 0 Å². The SMILES string of the molecule is CNCc1ccc(S(=O)(=O)NC2CCCC(C)C2)cc1. The molecule has 1 aliphatic carbocycles. The normalized spacial score (nSPS) is 23.7. The van der Waals surface area contributed by atoms with Crippen molar-refractivity contribution in [1.29, 1.82) is 0 Å². The number of benzene rings is 1. The van der Waals surface area contributed by atoms with E-state index in [1.165, 1.54) is 6.42 Å². The Morgan fingerprint density at radius 2 is 1.90 bits per heavy atom. The zero-order chi connectivity index (χ0) is 14.6. The molecular formula is C15H24N2O2S. The van der Waals surface area contributed by atoms with Gasteiger partial charge in [-0.25, -0.2) is 13.1 Å². The molecule has 0 spiro atoms. The maximum atomic E-state index is 12.3. The highest BCUT2D eigenvalue weighted by Crippen LogP contribution is 2.24. The fraction of sp³-hybridized carbons (Fsp3) is 0.600. The van der Waals surface area contributed by atoms with E-state index < -0.39 is 10.0 Å². The van der Waals surface area contributed by atoms with Crippen LogP contribution < -0.4 is 10.0 Å². The van der Waals surface area contributed by atoms with Crippen LogP contribution in [0.1, 0.15) is 38.2 Å². The summed E-state index contributed by atoms with van der Waals surface area (Å²) < 4.78 is 27.5. The molecule has 1 aromatic rings. The molecule has 0 aromatic heterocycles. The fourth-order valence-corrected chi connectivity index (χ4v) is 4.10. The van der Waals surface area contributed by atoms with Crippen LogP contribution in [-0.2, 0) is 16.6 Å². The average Bonchev–Trinajstić information content (AvgIpc) is 2.39. The van der Waals surface area contributed by atoms with Crippen LogP contribution in [0.4, 0.5) is 0 Å².